The number of hydrogen-bond acceptors (Lipinski definition) is 1. The Morgan fingerprint density at radius 1 is 1.21 bits per heavy atom. The molecule has 0 saturated heterocycles. The summed E-state index contributed by atoms with van der Waals surface area (Å²) in [4.78, 5) is 0. The van der Waals surface area contributed by atoms with Crippen LogP contribution < -0.4 is 5.73 Å². The third-order valence-corrected chi connectivity index (χ3v) is 4.09. The summed E-state index contributed by atoms with van der Waals surface area (Å²) in [7, 11) is 0. The smallest absolute Gasteiger partial charge is 0.00460 e. The first-order chi connectivity index (χ1) is 6.49. The van der Waals surface area contributed by atoms with E-state index in [0.29, 0.717) is 5.41 Å². The first kappa shape index (κ1) is 12.0. The van der Waals surface area contributed by atoms with E-state index in [0.717, 1.165) is 24.3 Å². The van der Waals surface area contributed by atoms with Crippen molar-refractivity contribution in [2.45, 2.75) is 53.4 Å². The average molecular weight is 197 g/mol. The molecule has 0 amide bonds. The lowest BCUT2D eigenvalue weighted by atomic mass is 9.63. The van der Waals surface area contributed by atoms with E-state index in [1.807, 2.05) is 0 Å². The molecule has 1 nitrogen and oxygen atoms in total. The fraction of sp³-hybridized carbons (Fsp3) is 1.00. The molecule has 14 heavy (non-hydrogen) atoms. The quantitative estimate of drug-likeness (QED) is 0.721. The van der Waals surface area contributed by atoms with Crippen molar-refractivity contribution in [2.75, 3.05) is 6.54 Å². The van der Waals surface area contributed by atoms with Crippen LogP contribution in [0.5, 0.6) is 0 Å². The molecule has 3 unspecified atom stereocenters. The van der Waals surface area contributed by atoms with Gasteiger partial charge in [-0.25, -0.2) is 0 Å². The molecule has 0 aliphatic heterocycles. The van der Waals surface area contributed by atoms with Gasteiger partial charge in [0.1, 0.15) is 0 Å². The van der Waals surface area contributed by atoms with Crippen molar-refractivity contribution in [3.63, 3.8) is 0 Å². The SMILES string of the molecule is CCC1CCC(CN)C(C(C)(C)C)C1. The molecule has 84 valence electrons. The molecule has 2 N–H and O–H groups in total. The van der Waals surface area contributed by atoms with Crippen LogP contribution in [0, 0.1) is 23.2 Å². The molecule has 0 aromatic carbocycles. The van der Waals surface area contributed by atoms with Crippen molar-refractivity contribution in [1.29, 1.82) is 0 Å². The van der Waals surface area contributed by atoms with Crippen molar-refractivity contribution in [3.05, 3.63) is 0 Å². The van der Waals surface area contributed by atoms with E-state index in [4.69, 9.17) is 5.73 Å². The topological polar surface area (TPSA) is 26.0 Å². The molecule has 0 spiro atoms. The van der Waals surface area contributed by atoms with Gasteiger partial charge in [-0.3, -0.25) is 0 Å². The zero-order valence-corrected chi connectivity index (χ0v) is 10.3. The molecule has 1 heteroatoms. The molecule has 1 saturated carbocycles. The number of nitrogens with two attached hydrogens (primary N) is 1. The molecule has 3 atom stereocenters. The van der Waals surface area contributed by atoms with Gasteiger partial charge in [0.05, 0.1) is 0 Å². The Morgan fingerprint density at radius 3 is 2.29 bits per heavy atom. The van der Waals surface area contributed by atoms with Gasteiger partial charge in [-0.2, -0.15) is 0 Å². The normalized spacial score (nSPS) is 34.5. The lowest BCUT2D eigenvalue weighted by molar-refractivity contribution is 0.0791. The monoisotopic (exact) mass is 197 g/mol. The third kappa shape index (κ3) is 2.73. The summed E-state index contributed by atoms with van der Waals surface area (Å²) in [6.45, 7) is 10.3. The lowest BCUT2D eigenvalue weighted by Crippen LogP contribution is -2.37. The van der Waals surface area contributed by atoms with Crippen LogP contribution in [-0.2, 0) is 0 Å². The van der Waals surface area contributed by atoms with Crippen LogP contribution >= 0.6 is 0 Å². The van der Waals surface area contributed by atoms with Crippen LogP contribution in [0.25, 0.3) is 0 Å². The minimum atomic E-state index is 0.442. The van der Waals surface area contributed by atoms with Gasteiger partial charge in [0, 0.05) is 0 Å². The van der Waals surface area contributed by atoms with Crippen LogP contribution in [-0.4, -0.2) is 6.54 Å². The highest BCUT2D eigenvalue weighted by Gasteiger charge is 2.36. The fourth-order valence-corrected chi connectivity index (χ4v) is 3.03. The van der Waals surface area contributed by atoms with E-state index < -0.39 is 0 Å². The van der Waals surface area contributed by atoms with E-state index in [-0.39, 0.29) is 0 Å². The highest BCUT2D eigenvalue weighted by Crippen LogP contribution is 2.44. The van der Waals surface area contributed by atoms with Gasteiger partial charge in [-0.1, -0.05) is 40.5 Å². The second-order valence-corrected chi connectivity index (χ2v) is 6.06. The van der Waals surface area contributed by atoms with E-state index in [9.17, 15) is 0 Å². The summed E-state index contributed by atoms with van der Waals surface area (Å²) in [5.41, 5.74) is 6.32. The molecule has 0 bridgehead atoms. The summed E-state index contributed by atoms with van der Waals surface area (Å²) >= 11 is 0. The Kier molecular flexibility index (Phi) is 4.00. The fourth-order valence-electron chi connectivity index (χ4n) is 3.03. The standard InChI is InChI=1S/C13H27N/c1-5-10-6-7-11(9-14)12(8-10)13(2,3)4/h10-12H,5-9,14H2,1-4H3. The second kappa shape index (κ2) is 4.65. The zero-order valence-electron chi connectivity index (χ0n) is 10.3. The van der Waals surface area contributed by atoms with E-state index in [1.54, 1.807) is 0 Å². The molecular formula is C13H27N. The Bertz CT molecular complexity index is 169. The zero-order chi connectivity index (χ0) is 10.8. The molecular weight excluding hydrogens is 170 g/mol. The Balaban J connectivity index is 2.65. The van der Waals surface area contributed by atoms with Gasteiger partial charge in [-0.05, 0) is 42.6 Å². The summed E-state index contributed by atoms with van der Waals surface area (Å²) in [6.07, 6.45) is 5.52. The van der Waals surface area contributed by atoms with Gasteiger partial charge in [0.25, 0.3) is 0 Å². The Hall–Kier alpha value is -0.0400. The highest BCUT2D eigenvalue weighted by atomic mass is 14.6. The largest absolute Gasteiger partial charge is 0.330 e. The van der Waals surface area contributed by atoms with Gasteiger partial charge in [0.2, 0.25) is 0 Å². The van der Waals surface area contributed by atoms with Crippen molar-refractivity contribution in [2.24, 2.45) is 28.9 Å². The number of hydrogen-bond donors (Lipinski definition) is 1. The molecule has 1 fully saturated rings. The lowest BCUT2D eigenvalue weighted by Gasteiger charge is -2.43. The van der Waals surface area contributed by atoms with Gasteiger partial charge in [-0.15, -0.1) is 0 Å². The molecule has 0 aromatic rings. The van der Waals surface area contributed by atoms with E-state index in [2.05, 4.69) is 27.7 Å². The third-order valence-electron chi connectivity index (χ3n) is 4.09. The minimum absolute atomic E-state index is 0.442. The predicted octanol–water partition coefficient (Wildman–Crippen LogP) is 3.43. The van der Waals surface area contributed by atoms with Gasteiger partial charge >= 0.3 is 0 Å². The summed E-state index contributed by atoms with van der Waals surface area (Å²) in [6, 6.07) is 0. The maximum atomic E-state index is 5.88. The summed E-state index contributed by atoms with van der Waals surface area (Å²) in [5, 5.41) is 0. The maximum absolute atomic E-state index is 5.88. The van der Waals surface area contributed by atoms with Crippen molar-refractivity contribution >= 4 is 0 Å². The maximum Gasteiger partial charge on any atom is -0.00460 e. The molecule has 0 radical (unpaired) electrons. The van der Waals surface area contributed by atoms with Gasteiger partial charge < -0.3 is 5.73 Å². The van der Waals surface area contributed by atoms with Crippen LogP contribution in [0.4, 0.5) is 0 Å². The predicted molar refractivity (Wildman–Crippen MR) is 63.1 cm³/mol. The Labute approximate surface area is 89.5 Å². The van der Waals surface area contributed by atoms with Gasteiger partial charge in [0.15, 0.2) is 0 Å². The molecule has 1 aliphatic rings. The molecule has 0 aromatic heterocycles. The molecule has 1 aliphatic carbocycles. The van der Waals surface area contributed by atoms with Crippen LogP contribution in [0.3, 0.4) is 0 Å². The first-order valence-corrected chi connectivity index (χ1v) is 6.19. The van der Waals surface area contributed by atoms with Crippen LogP contribution in [0.1, 0.15) is 53.4 Å². The molecule has 1 rings (SSSR count). The van der Waals surface area contributed by atoms with E-state index in [1.165, 1.54) is 25.7 Å². The number of rotatable bonds is 2. The van der Waals surface area contributed by atoms with Crippen molar-refractivity contribution in [1.82, 2.24) is 0 Å². The summed E-state index contributed by atoms with van der Waals surface area (Å²) < 4.78 is 0. The second-order valence-electron chi connectivity index (χ2n) is 6.06. The first-order valence-electron chi connectivity index (χ1n) is 6.19. The average Bonchev–Trinajstić information content (AvgIpc) is 2.15. The van der Waals surface area contributed by atoms with Crippen LogP contribution in [0.15, 0.2) is 0 Å². The van der Waals surface area contributed by atoms with Crippen molar-refractivity contribution < 1.29 is 0 Å². The highest BCUT2D eigenvalue weighted by molar-refractivity contribution is 4.87. The Morgan fingerprint density at radius 2 is 1.86 bits per heavy atom. The van der Waals surface area contributed by atoms with E-state index >= 15 is 0 Å². The minimum Gasteiger partial charge on any atom is -0.330 e. The van der Waals surface area contributed by atoms with Crippen molar-refractivity contribution in [3.8, 4) is 0 Å². The summed E-state index contributed by atoms with van der Waals surface area (Å²) in [5.74, 6) is 2.58. The molecule has 0 heterocycles. The van der Waals surface area contributed by atoms with Crippen LogP contribution in [0.2, 0.25) is 0 Å².